The monoisotopic (exact) mass is 355 g/mol. The fraction of sp³-hybridized carbons (Fsp3) is 0.286. The Morgan fingerprint density at radius 2 is 1.64 bits per heavy atom. The van der Waals surface area contributed by atoms with Crippen LogP contribution in [0.25, 0.3) is 11.6 Å². The Labute approximate surface area is 153 Å². The van der Waals surface area contributed by atoms with Gasteiger partial charge in [0.25, 0.3) is 5.91 Å². The van der Waals surface area contributed by atoms with Gasteiger partial charge in [0.2, 0.25) is 0 Å². The van der Waals surface area contributed by atoms with E-state index in [0.717, 1.165) is 11.1 Å². The van der Waals surface area contributed by atoms with Gasteiger partial charge < -0.3 is 9.64 Å². The van der Waals surface area contributed by atoms with Crippen molar-refractivity contribution >= 4 is 29.2 Å². The van der Waals surface area contributed by atoms with Crippen LogP contribution in [-0.4, -0.2) is 36.1 Å². The summed E-state index contributed by atoms with van der Waals surface area (Å²) in [5.41, 5.74) is 2.53. The maximum absolute atomic E-state index is 13.2. The Balaban J connectivity index is 1.97. The Bertz CT molecular complexity index is 745. The molecule has 0 spiro atoms. The normalized spacial score (nSPS) is 21.2. The van der Waals surface area contributed by atoms with E-state index in [1.807, 2.05) is 79.4 Å². The molecule has 1 fully saturated rings. The number of hydrogen-bond acceptors (Lipinski definition) is 2. The van der Waals surface area contributed by atoms with Crippen LogP contribution in [0, 0.1) is 0 Å². The van der Waals surface area contributed by atoms with Gasteiger partial charge in [0.05, 0.1) is 12.2 Å². The molecule has 0 aliphatic carbocycles. The first kappa shape index (κ1) is 17.7. The van der Waals surface area contributed by atoms with Gasteiger partial charge in [-0.1, -0.05) is 54.1 Å². The van der Waals surface area contributed by atoms with Gasteiger partial charge in [0.1, 0.15) is 0 Å². The van der Waals surface area contributed by atoms with Crippen LogP contribution in [0.15, 0.2) is 54.6 Å². The number of benzene rings is 2. The molecule has 25 heavy (non-hydrogen) atoms. The Kier molecular flexibility index (Phi) is 5.57. The highest BCUT2D eigenvalue weighted by Crippen LogP contribution is 2.24. The predicted molar refractivity (Wildman–Crippen MR) is 102 cm³/mol. The van der Waals surface area contributed by atoms with Crippen LogP contribution in [0.5, 0.6) is 0 Å². The van der Waals surface area contributed by atoms with E-state index in [1.54, 1.807) is 0 Å². The molecule has 3 nitrogen and oxygen atoms in total. The molecule has 0 unspecified atom stereocenters. The molecule has 1 saturated heterocycles. The second kappa shape index (κ2) is 7.85. The quantitative estimate of drug-likeness (QED) is 0.598. The van der Waals surface area contributed by atoms with E-state index in [2.05, 4.69) is 0 Å². The predicted octanol–water partition coefficient (Wildman–Crippen LogP) is 4.52. The number of carbonyl (C=O) groups is 1. The lowest BCUT2D eigenvalue weighted by atomic mass is 10.0. The number of rotatable bonds is 3. The van der Waals surface area contributed by atoms with E-state index in [-0.39, 0.29) is 18.1 Å². The fourth-order valence-corrected chi connectivity index (χ4v) is 3.25. The zero-order valence-corrected chi connectivity index (χ0v) is 15.2. The second-order valence-electron chi connectivity index (χ2n) is 6.44. The van der Waals surface area contributed by atoms with Gasteiger partial charge in [-0.05, 0) is 43.2 Å². The summed E-state index contributed by atoms with van der Waals surface area (Å²) >= 11 is 6.01. The SMILES string of the molecule is C[C@@H]1CN(C(=O)/C(=C/c2ccccc2)c2ccc(Cl)cc2)C[C@@H](C)O1. The van der Waals surface area contributed by atoms with E-state index < -0.39 is 0 Å². The van der Waals surface area contributed by atoms with Gasteiger partial charge in [0.15, 0.2) is 0 Å². The summed E-state index contributed by atoms with van der Waals surface area (Å²) in [6.45, 7) is 5.20. The summed E-state index contributed by atoms with van der Waals surface area (Å²) in [4.78, 5) is 15.1. The molecule has 130 valence electrons. The lowest BCUT2D eigenvalue weighted by molar-refractivity contribution is -0.136. The van der Waals surface area contributed by atoms with Crippen LogP contribution in [0.1, 0.15) is 25.0 Å². The minimum absolute atomic E-state index is 0.0215. The van der Waals surface area contributed by atoms with Crippen LogP contribution in [0.4, 0.5) is 0 Å². The van der Waals surface area contributed by atoms with Crippen molar-refractivity contribution in [3.8, 4) is 0 Å². The van der Waals surface area contributed by atoms with Crippen LogP contribution in [0.3, 0.4) is 0 Å². The molecule has 4 heteroatoms. The van der Waals surface area contributed by atoms with Gasteiger partial charge in [-0.15, -0.1) is 0 Å². The summed E-state index contributed by atoms with van der Waals surface area (Å²) in [5.74, 6) is 0.0215. The average Bonchev–Trinajstić information content (AvgIpc) is 2.60. The van der Waals surface area contributed by atoms with E-state index in [9.17, 15) is 4.79 Å². The average molecular weight is 356 g/mol. The van der Waals surface area contributed by atoms with Crippen LogP contribution < -0.4 is 0 Å². The third-order valence-electron chi connectivity index (χ3n) is 4.20. The maximum Gasteiger partial charge on any atom is 0.254 e. The molecule has 3 rings (SSSR count). The zero-order chi connectivity index (χ0) is 17.8. The highest BCUT2D eigenvalue weighted by Gasteiger charge is 2.28. The van der Waals surface area contributed by atoms with Crippen LogP contribution in [0.2, 0.25) is 5.02 Å². The molecule has 0 bridgehead atoms. The van der Waals surface area contributed by atoms with Crippen molar-refractivity contribution in [2.75, 3.05) is 13.1 Å². The van der Waals surface area contributed by atoms with Crippen molar-refractivity contribution in [3.05, 3.63) is 70.7 Å². The van der Waals surface area contributed by atoms with E-state index in [1.165, 1.54) is 0 Å². The lowest BCUT2D eigenvalue weighted by Crippen LogP contribution is -2.48. The van der Waals surface area contributed by atoms with Gasteiger partial charge in [0, 0.05) is 23.7 Å². The molecule has 2 atom stereocenters. The first-order valence-corrected chi connectivity index (χ1v) is 8.88. The molecule has 1 aliphatic heterocycles. The summed E-state index contributed by atoms with van der Waals surface area (Å²) < 4.78 is 5.76. The Morgan fingerprint density at radius 3 is 2.24 bits per heavy atom. The topological polar surface area (TPSA) is 29.5 Å². The highest BCUT2D eigenvalue weighted by molar-refractivity contribution is 6.31. The lowest BCUT2D eigenvalue weighted by Gasteiger charge is -2.35. The van der Waals surface area contributed by atoms with E-state index in [4.69, 9.17) is 16.3 Å². The molecule has 2 aromatic carbocycles. The first-order valence-electron chi connectivity index (χ1n) is 8.50. The molecule has 0 saturated carbocycles. The van der Waals surface area contributed by atoms with Gasteiger partial charge in [-0.3, -0.25) is 4.79 Å². The number of morpholine rings is 1. The van der Waals surface area contributed by atoms with Crippen LogP contribution >= 0.6 is 11.6 Å². The van der Waals surface area contributed by atoms with Crippen molar-refractivity contribution in [3.63, 3.8) is 0 Å². The minimum Gasteiger partial charge on any atom is -0.372 e. The number of hydrogen-bond donors (Lipinski definition) is 0. The summed E-state index contributed by atoms with van der Waals surface area (Å²) in [7, 11) is 0. The van der Waals surface area contributed by atoms with Crippen molar-refractivity contribution in [2.24, 2.45) is 0 Å². The number of nitrogens with zero attached hydrogens (tertiary/aromatic N) is 1. The molecule has 1 amide bonds. The third-order valence-corrected chi connectivity index (χ3v) is 4.46. The van der Waals surface area contributed by atoms with Gasteiger partial charge in [-0.2, -0.15) is 0 Å². The highest BCUT2D eigenvalue weighted by atomic mass is 35.5. The van der Waals surface area contributed by atoms with E-state index in [0.29, 0.717) is 23.7 Å². The molecule has 0 aromatic heterocycles. The zero-order valence-electron chi connectivity index (χ0n) is 14.5. The number of ether oxygens (including phenoxy) is 1. The fourth-order valence-electron chi connectivity index (χ4n) is 3.13. The molecule has 1 aliphatic rings. The summed E-state index contributed by atoms with van der Waals surface area (Å²) in [5, 5.41) is 0.656. The molecule has 0 N–H and O–H groups in total. The van der Waals surface area contributed by atoms with Crippen LogP contribution in [-0.2, 0) is 9.53 Å². The first-order chi connectivity index (χ1) is 12.0. The van der Waals surface area contributed by atoms with Crippen molar-refractivity contribution in [1.29, 1.82) is 0 Å². The molecule has 1 heterocycles. The van der Waals surface area contributed by atoms with Gasteiger partial charge in [-0.25, -0.2) is 0 Å². The summed E-state index contributed by atoms with van der Waals surface area (Å²) in [6.07, 6.45) is 2.02. The second-order valence-corrected chi connectivity index (χ2v) is 6.88. The van der Waals surface area contributed by atoms with Crippen molar-refractivity contribution in [2.45, 2.75) is 26.1 Å². The number of amides is 1. The molecular weight excluding hydrogens is 334 g/mol. The standard InChI is InChI=1S/C21H22ClNO2/c1-15-13-23(14-16(2)25-15)21(24)20(12-17-6-4-3-5-7-17)18-8-10-19(22)11-9-18/h3-12,15-16H,13-14H2,1-2H3/b20-12+/t15-,16-/m1/s1. The Hall–Kier alpha value is -2.10. The van der Waals surface area contributed by atoms with Crippen molar-refractivity contribution in [1.82, 2.24) is 4.90 Å². The van der Waals surface area contributed by atoms with Crippen molar-refractivity contribution < 1.29 is 9.53 Å². The minimum atomic E-state index is 0.0215. The van der Waals surface area contributed by atoms with E-state index >= 15 is 0 Å². The smallest absolute Gasteiger partial charge is 0.254 e. The number of carbonyl (C=O) groups excluding carboxylic acids is 1. The molecule has 0 radical (unpaired) electrons. The Morgan fingerprint density at radius 1 is 1.04 bits per heavy atom. The summed E-state index contributed by atoms with van der Waals surface area (Å²) in [6, 6.07) is 17.3. The molecular formula is C21H22ClNO2. The van der Waals surface area contributed by atoms with Gasteiger partial charge >= 0.3 is 0 Å². The maximum atomic E-state index is 13.2. The molecule has 2 aromatic rings. The third kappa shape index (κ3) is 4.50. The largest absolute Gasteiger partial charge is 0.372 e. The number of halogens is 1.